The zero-order valence-corrected chi connectivity index (χ0v) is 6.82. The number of hydrogen-bond acceptors (Lipinski definition) is 1. The fraction of sp³-hybridized carbons (Fsp3) is 1.00. The third-order valence-electron chi connectivity index (χ3n) is 0.540. The highest BCUT2D eigenvalue weighted by Crippen LogP contribution is 2.01. The molecule has 1 nitrogen and oxygen atoms in total. The Morgan fingerprint density at radius 3 is 2.29 bits per heavy atom. The van der Waals surface area contributed by atoms with Gasteiger partial charge in [0.1, 0.15) is 0 Å². The number of hydrogen-bond donors (Lipinski definition) is 0. The maximum Gasteiger partial charge on any atom is 0.239 e. The van der Waals surface area contributed by atoms with Crippen LogP contribution < -0.4 is 0 Å². The van der Waals surface area contributed by atoms with E-state index >= 15 is 0 Å². The summed E-state index contributed by atoms with van der Waals surface area (Å²) >= 11 is 11.0. The Kier molecular flexibility index (Phi) is 5.44. The molecule has 0 fully saturated rings. The smallest absolute Gasteiger partial charge is 0.239 e. The van der Waals surface area contributed by atoms with E-state index in [0.29, 0.717) is 6.61 Å². The lowest BCUT2D eigenvalue weighted by atomic mass is 10.9. The van der Waals surface area contributed by atoms with Crippen LogP contribution in [0.15, 0.2) is 0 Å². The molecular formula is C3H8Cl2OSi. The van der Waals surface area contributed by atoms with Crippen molar-refractivity contribution in [3.63, 3.8) is 0 Å². The van der Waals surface area contributed by atoms with Crippen molar-refractivity contribution in [2.24, 2.45) is 0 Å². The largest absolute Gasteiger partial charge is 0.385 e. The van der Waals surface area contributed by atoms with Crippen LogP contribution in [-0.4, -0.2) is 21.1 Å². The second-order valence-electron chi connectivity index (χ2n) is 1.17. The Morgan fingerprint density at radius 2 is 2.14 bits per heavy atom. The molecule has 0 aromatic heterocycles. The van der Waals surface area contributed by atoms with Crippen LogP contribution in [0.25, 0.3) is 0 Å². The molecule has 0 radical (unpaired) electrons. The molecule has 0 aliphatic rings. The molecule has 7 heavy (non-hydrogen) atoms. The summed E-state index contributed by atoms with van der Waals surface area (Å²) in [5.74, 6) is 0. The monoisotopic (exact) mass is 158 g/mol. The van der Waals surface area contributed by atoms with E-state index in [1.165, 1.54) is 0 Å². The van der Waals surface area contributed by atoms with Crippen molar-refractivity contribution < 1.29 is 4.74 Å². The Bertz CT molecular complexity index is 41.9. The second-order valence-corrected chi connectivity index (χ2v) is 6.36. The molecule has 0 atom stereocenters. The van der Waals surface area contributed by atoms with Crippen molar-refractivity contribution in [1.82, 2.24) is 0 Å². The summed E-state index contributed by atoms with van der Waals surface area (Å²) in [5.41, 5.74) is 0. The van der Waals surface area contributed by atoms with Crippen molar-refractivity contribution in [2.75, 3.05) is 13.7 Å². The molecule has 0 N–H and O–H groups in total. The first-order chi connectivity index (χ1) is 3.27. The van der Waals surface area contributed by atoms with Gasteiger partial charge in [-0.05, 0) is 6.04 Å². The highest BCUT2D eigenvalue weighted by atomic mass is 35.7. The third kappa shape index (κ3) is 6.76. The van der Waals surface area contributed by atoms with Crippen molar-refractivity contribution in [1.29, 1.82) is 0 Å². The van der Waals surface area contributed by atoms with Crippen LogP contribution in [0.3, 0.4) is 0 Å². The maximum atomic E-state index is 5.48. The zero-order chi connectivity index (χ0) is 5.70. The first-order valence-corrected chi connectivity index (χ1v) is 6.35. The van der Waals surface area contributed by atoms with Crippen LogP contribution in [-0.2, 0) is 4.74 Å². The standard InChI is InChI=1S/C3H8Cl2OSi/c1-6-2-3-7(4)5/h7H,2-3H2,1H3. The fourth-order valence-corrected chi connectivity index (χ4v) is 1.16. The predicted molar refractivity (Wildman–Crippen MR) is 35.5 cm³/mol. The van der Waals surface area contributed by atoms with E-state index in [1.807, 2.05) is 0 Å². The molecule has 0 aromatic rings. The average Bonchev–Trinajstić information content (AvgIpc) is 1.61. The Morgan fingerprint density at radius 1 is 1.57 bits per heavy atom. The zero-order valence-electron chi connectivity index (χ0n) is 4.16. The lowest BCUT2D eigenvalue weighted by molar-refractivity contribution is 0.215. The van der Waals surface area contributed by atoms with Crippen molar-refractivity contribution in [2.45, 2.75) is 6.04 Å². The van der Waals surface area contributed by atoms with Crippen LogP contribution in [0, 0.1) is 0 Å². The molecule has 0 rings (SSSR count). The molecular weight excluding hydrogens is 151 g/mol. The molecule has 0 aliphatic carbocycles. The molecule has 44 valence electrons. The molecule has 0 unspecified atom stereocenters. The minimum absolute atomic E-state index is 0.698. The van der Waals surface area contributed by atoms with Gasteiger partial charge >= 0.3 is 0 Å². The first kappa shape index (κ1) is 7.76. The average molecular weight is 159 g/mol. The van der Waals surface area contributed by atoms with Crippen LogP contribution in [0.2, 0.25) is 6.04 Å². The van der Waals surface area contributed by atoms with E-state index in [9.17, 15) is 0 Å². The maximum absolute atomic E-state index is 5.48. The first-order valence-electron chi connectivity index (χ1n) is 2.04. The van der Waals surface area contributed by atoms with Gasteiger partial charge < -0.3 is 4.74 Å². The van der Waals surface area contributed by atoms with Crippen molar-refractivity contribution >= 4 is 29.6 Å². The topological polar surface area (TPSA) is 9.23 Å². The van der Waals surface area contributed by atoms with Gasteiger partial charge in [0.05, 0.1) is 0 Å². The molecule has 0 saturated carbocycles. The summed E-state index contributed by atoms with van der Waals surface area (Å²) in [7, 11) is 0.275. The van der Waals surface area contributed by atoms with Gasteiger partial charge in [0, 0.05) is 13.7 Å². The highest BCUT2D eigenvalue weighted by molar-refractivity contribution is 7.33. The second kappa shape index (κ2) is 4.90. The highest BCUT2D eigenvalue weighted by Gasteiger charge is 1.98. The summed E-state index contributed by atoms with van der Waals surface area (Å²) < 4.78 is 4.72. The van der Waals surface area contributed by atoms with Gasteiger partial charge in [-0.25, -0.2) is 0 Å². The summed E-state index contributed by atoms with van der Waals surface area (Å²) in [5, 5.41) is 0. The number of rotatable bonds is 3. The third-order valence-corrected chi connectivity index (χ3v) is 2.52. The summed E-state index contributed by atoms with van der Waals surface area (Å²) in [6.07, 6.45) is 0. The van der Waals surface area contributed by atoms with Gasteiger partial charge in [-0.15, -0.1) is 0 Å². The lowest BCUT2D eigenvalue weighted by Gasteiger charge is -1.93. The number of ether oxygens (including phenoxy) is 1. The molecule has 4 heteroatoms. The summed E-state index contributed by atoms with van der Waals surface area (Å²) in [6, 6.07) is 0.847. The molecule has 0 heterocycles. The normalized spacial score (nSPS) is 10.3. The lowest BCUT2D eigenvalue weighted by Crippen LogP contribution is -1.97. The van der Waals surface area contributed by atoms with Crippen LogP contribution in [0.4, 0.5) is 0 Å². The van der Waals surface area contributed by atoms with E-state index in [1.54, 1.807) is 7.11 Å². The van der Waals surface area contributed by atoms with Crippen molar-refractivity contribution in [3.05, 3.63) is 0 Å². The summed E-state index contributed by atoms with van der Waals surface area (Å²) in [4.78, 5) is 0. The van der Waals surface area contributed by atoms with Crippen LogP contribution >= 0.6 is 22.2 Å². The van der Waals surface area contributed by atoms with Gasteiger partial charge in [-0.1, -0.05) is 0 Å². The van der Waals surface area contributed by atoms with Crippen molar-refractivity contribution in [3.8, 4) is 0 Å². The van der Waals surface area contributed by atoms with E-state index < -0.39 is 7.42 Å². The quantitative estimate of drug-likeness (QED) is 0.446. The molecule has 0 amide bonds. The minimum atomic E-state index is -1.37. The Balaban J connectivity index is 2.68. The van der Waals surface area contributed by atoms with Gasteiger partial charge in [0.15, 0.2) is 0 Å². The van der Waals surface area contributed by atoms with Gasteiger partial charge in [-0.2, -0.15) is 22.2 Å². The SMILES string of the molecule is COCC[SiH](Cl)Cl. The molecule has 0 saturated heterocycles. The van der Waals surface area contributed by atoms with Crippen LogP contribution in [0.1, 0.15) is 0 Å². The minimum Gasteiger partial charge on any atom is -0.385 e. The van der Waals surface area contributed by atoms with E-state index in [0.717, 1.165) is 6.04 Å². The molecule has 0 spiro atoms. The number of halogens is 2. The molecule has 0 bridgehead atoms. The van der Waals surface area contributed by atoms with E-state index in [4.69, 9.17) is 26.9 Å². The molecule has 0 aliphatic heterocycles. The van der Waals surface area contributed by atoms with E-state index in [-0.39, 0.29) is 0 Å². The fourth-order valence-electron chi connectivity index (χ4n) is 0.207. The van der Waals surface area contributed by atoms with E-state index in [2.05, 4.69) is 0 Å². The van der Waals surface area contributed by atoms with Gasteiger partial charge in [0.2, 0.25) is 7.42 Å². The van der Waals surface area contributed by atoms with Gasteiger partial charge in [-0.3, -0.25) is 0 Å². The Hall–Kier alpha value is 0.757. The molecule has 0 aromatic carbocycles. The predicted octanol–water partition coefficient (Wildman–Crippen LogP) is 1.33. The summed E-state index contributed by atoms with van der Waals surface area (Å²) in [6.45, 7) is 0.698. The van der Waals surface area contributed by atoms with Crippen LogP contribution in [0.5, 0.6) is 0 Å². The Labute approximate surface area is 54.6 Å². The van der Waals surface area contributed by atoms with Gasteiger partial charge in [0.25, 0.3) is 0 Å². The number of methoxy groups -OCH3 is 1.